The van der Waals surface area contributed by atoms with E-state index in [-0.39, 0.29) is 17.4 Å². The van der Waals surface area contributed by atoms with E-state index in [1.165, 1.54) is 0 Å². The number of hydrogen-bond donors (Lipinski definition) is 2. The summed E-state index contributed by atoms with van der Waals surface area (Å²) in [5, 5.41) is 5.88. The number of benzene rings is 1. The van der Waals surface area contributed by atoms with E-state index >= 15 is 0 Å². The van der Waals surface area contributed by atoms with Crippen LogP contribution < -0.4 is 10.6 Å². The molecule has 20 heavy (non-hydrogen) atoms. The number of anilines is 1. The van der Waals surface area contributed by atoms with Gasteiger partial charge in [0.15, 0.2) is 9.84 Å². The summed E-state index contributed by atoms with van der Waals surface area (Å²) >= 11 is 0. The van der Waals surface area contributed by atoms with E-state index < -0.39 is 15.4 Å². The SMILES string of the molecule is CNc1ccc(C(=O)NC2(C)CCS(=O)(=O)C2)c(C)c1. The third-order valence-corrected chi connectivity index (χ3v) is 5.58. The third kappa shape index (κ3) is 3.12. The predicted octanol–water partition coefficient (Wildman–Crippen LogP) is 1.34. The predicted molar refractivity (Wildman–Crippen MR) is 79.9 cm³/mol. The summed E-state index contributed by atoms with van der Waals surface area (Å²) in [5.74, 6) is -0.0642. The van der Waals surface area contributed by atoms with Gasteiger partial charge in [0.2, 0.25) is 0 Å². The topological polar surface area (TPSA) is 75.3 Å². The Morgan fingerprint density at radius 1 is 1.35 bits per heavy atom. The van der Waals surface area contributed by atoms with Crippen LogP contribution in [0.1, 0.15) is 29.3 Å². The highest BCUT2D eigenvalue weighted by Gasteiger charge is 2.39. The minimum Gasteiger partial charge on any atom is -0.388 e. The van der Waals surface area contributed by atoms with E-state index in [1.807, 2.05) is 26.1 Å². The molecular formula is C14H20N2O3S. The van der Waals surface area contributed by atoms with Crippen LogP contribution in [0.25, 0.3) is 0 Å². The van der Waals surface area contributed by atoms with Crippen molar-refractivity contribution < 1.29 is 13.2 Å². The molecule has 1 saturated heterocycles. The van der Waals surface area contributed by atoms with Crippen LogP contribution in [0, 0.1) is 6.92 Å². The van der Waals surface area contributed by atoms with Crippen LogP contribution in [0.15, 0.2) is 18.2 Å². The average molecular weight is 296 g/mol. The first-order valence-corrected chi connectivity index (χ1v) is 8.38. The molecule has 0 spiro atoms. The van der Waals surface area contributed by atoms with Gasteiger partial charge in [-0.05, 0) is 44.0 Å². The van der Waals surface area contributed by atoms with Crippen LogP contribution in [0.4, 0.5) is 5.69 Å². The Balaban J connectivity index is 2.17. The Morgan fingerprint density at radius 2 is 2.05 bits per heavy atom. The summed E-state index contributed by atoms with van der Waals surface area (Å²) in [4.78, 5) is 12.3. The van der Waals surface area contributed by atoms with Crippen LogP contribution >= 0.6 is 0 Å². The Bertz CT molecular complexity index is 640. The summed E-state index contributed by atoms with van der Waals surface area (Å²) in [5.41, 5.74) is 1.71. The molecule has 1 fully saturated rings. The molecule has 1 aliphatic heterocycles. The van der Waals surface area contributed by atoms with Gasteiger partial charge < -0.3 is 10.6 Å². The van der Waals surface area contributed by atoms with Crippen LogP contribution in [-0.2, 0) is 9.84 Å². The molecule has 1 amide bonds. The van der Waals surface area contributed by atoms with Gasteiger partial charge in [-0.15, -0.1) is 0 Å². The molecule has 1 aliphatic rings. The van der Waals surface area contributed by atoms with Crippen molar-refractivity contribution in [2.75, 3.05) is 23.9 Å². The maximum Gasteiger partial charge on any atom is 0.252 e. The van der Waals surface area contributed by atoms with Crippen molar-refractivity contribution in [1.29, 1.82) is 0 Å². The lowest BCUT2D eigenvalue weighted by molar-refractivity contribution is 0.0915. The van der Waals surface area contributed by atoms with Crippen LogP contribution in [0.2, 0.25) is 0 Å². The van der Waals surface area contributed by atoms with E-state index in [9.17, 15) is 13.2 Å². The lowest BCUT2D eigenvalue weighted by Gasteiger charge is -2.24. The zero-order valence-electron chi connectivity index (χ0n) is 12.0. The molecule has 2 N–H and O–H groups in total. The van der Waals surface area contributed by atoms with Crippen molar-refractivity contribution in [3.63, 3.8) is 0 Å². The average Bonchev–Trinajstić information content (AvgIpc) is 2.62. The number of sulfone groups is 1. The zero-order chi connectivity index (χ0) is 15.0. The Labute approximate surface area is 119 Å². The number of nitrogens with one attached hydrogen (secondary N) is 2. The molecule has 1 unspecified atom stereocenters. The van der Waals surface area contributed by atoms with Crippen molar-refractivity contribution in [3.8, 4) is 0 Å². The third-order valence-electron chi connectivity index (χ3n) is 3.68. The minimum atomic E-state index is -3.03. The first-order chi connectivity index (χ1) is 9.25. The van der Waals surface area contributed by atoms with Crippen molar-refractivity contribution in [1.82, 2.24) is 5.32 Å². The van der Waals surface area contributed by atoms with Gasteiger partial charge in [0.25, 0.3) is 5.91 Å². The van der Waals surface area contributed by atoms with Crippen molar-refractivity contribution in [3.05, 3.63) is 29.3 Å². The highest BCUT2D eigenvalue weighted by Crippen LogP contribution is 2.24. The number of aryl methyl sites for hydroxylation is 1. The highest BCUT2D eigenvalue weighted by molar-refractivity contribution is 7.91. The maximum absolute atomic E-state index is 12.3. The molecule has 5 nitrogen and oxygen atoms in total. The molecule has 1 atom stereocenters. The summed E-state index contributed by atoms with van der Waals surface area (Å²) in [7, 11) is -1.21. The van der Waals surface area contributed by atoms with Gasteiger partial charge in [0.05, 0.1) is 17.0 Å². The summed E-state index contributed by atoms with van der Waals surface area (Å²) < 4.78 is 23.1. The van der Waals surface area contributed by atoms with Crippen molar-refractivity contribution >= 4 is 21.4 Å². The number of carbonyl (C=O) groups excluding carboxylic acids is 1. The molecule has 2 rings (SSSR count). The van der Waals surface area contributed by atoms with Crippen molar-refractivity contribution in [2.45, 2.75) is 25.8 Å². The van der Waals surface area contributed by atoms with Crippen LogP contribution in [0.3, 0.4) is 0 Å². The molecule has 0 bridgehead atoms. The molecule has 110 valence electrons. The molecular weight excluding hydrogens is 276 g/mol. The Morgan fingerprint density at radius 3 is 2.55 bits per heavy atom. The number of carbonyl (C=O) groups is 1. The second-order valence-electron chi connectivity index (χ2n) is 5.64. The monoisotopic (exact) mass is 296 g/mol. The molecule has 0 saturated carbocycles. The molecule has 0 aromatic heterocycles. The molecule has 0 radical (unpaired) electrons. The van der Waals surface area contributed by atoms with Gasteiger partial charge >= 0.3 is 0 Å². The van der Waals surface area contributed by atoms with Gasteiger partial charge in [-0.25, -0.2) is 8.42 Å². The van der Waals surface area contributed by atoms with Crippen LogP contribution in [-0.4, -0.2) is 38.4 Å². The summed E-state index contributed by atoms with van der Waals surface area (Å²) in [6.45, 7) is 3.65. The quantitative estimate of drug-likeness (QED) is 0.882. The van der Waals surface area contributed by atoms with E-state index in [0.29, 0.717) is 12.0 Å². The standard InChI is InChI=1S/C14H20N2O3S/c1-10-8-11(15-3)4-5-12(10)13(17)16-14(2)6-7-20(18,19)9-14/h4-5,8,15H,6-7,9H2,1-3H3,(H,16,17). The number of hydrogen-bond acceptors (Lipinski definition) is 4. The second-order valence-corrected chi connectivity index (χ2v) is 7.82. The van der Waals surface area contributed by atoms with Gasteiger partial charge in [-0.3, -0.25) is 4.79 Å². The Hall–Kier alpha value is -1.56. The van der Waals surface area contributed by atoms with Gasteiger partial charge in [-0.2, -0.15) is 0 Å². The largest absolute Gasteiger partial charge is 0.388 e. The van der Waals surface area contributed by atoms with Gasteiger partial charge in [0, 0.05) is 18.3 Å². The summed E-state index contributed by atoms with van der Waals surface area (Å²) in [6.07, 6.45) is 0.467. The maximum atomic E-state index is 12.3. The van der Waals surface area contributed by atoms with E-state index in [0.717, 1.165) is 11.3 Å². The molecule has 0 aliphatic carbocycles. The first kappa shape index (κ1) is 14.8. The molecule has 6 heteroatoms. The molecule has 1 heterocycles. The lowest BCUT2D eigenvalue weighted by atomic mass is 10.00. The van der Waals surface area contributed by atoms with Gasteiger partial charge in [0.1, 0.15) is 0 Å². The highest BCUT2D eigenvalue weighted by atomic mass is 32.2. The lowest BCUT2D eigenvalue weighted by Crippen LogP contribution is -2.47. The minimum absolute atomic E-state index is 0.0133. The van der Waals surface area contributed by atoms with Crippen molar-refractivity contribution in [2.24, 2.45) is 0 Å². The fourth-order valence-electron chi connectivity index (χ4n) is 2.52. The molecule has 1 aromatic rings. The number of amides is 1. The smallest absolute Gasteiger partial charge is 0.252 e. The van der Waals surface area contributed by atoms with Gasteiger partial charge in [-0.1, -0.05) is 0 Å². The first-order valence-electron chi connectivity index (χ1n) is 6.56. The Kier molecular flexibility index (Phi) is 3.77. The second kappa shape index (κ2) is 5.09. The normalized spacial score (nSPS) is 24.4. The number of rotatable bonds is 3. The fraction of sp³-hybridized carbons (Fsp3) is 0.500. The van der Waals surface area contributed by atoms with Crippen LogP contribution in [0.5, 0.6) is 0 Å². The molecule has 1 aromatic carbocycles. The summed E-state index contributed by atoms with van der Waals surface area (Å²) in [6, 6.07) is 5.47. The van der Waals surface area contributed by atoms with E-state index in [2.05, 4.69) is 10.6 Å². The van der Waals surface area contributed by atoms with E-state index in [4.69, 9.17) is 0 Å². The van der Waals surface area contributed by atoms with E-state index in [1.54, 1.807) is 13.0 Å². The zero-order valence-corrected chi connectivity index (χ0v) is 12.8. The fourth-order valence-corrected chi connectivity index (χ4v) is 4.62.